The van der Waals surface area contributed by atoms with Crippen molar-refractivity contribution in [3.05, 3.63) is 76.2 Å². The number of halogens is 1. The van der Waals surface area contributed by atoms with Crippen LogP contribution in [0.3, 0.4) is 0 Å². The molecule has 5 nitrogen and oxygen atoms in total. The average molecular weight is 464 g/mol. The number of ketones is 1. The van der Waals surface area contributed by atoms with Crippen LogP contribution in [0.15, 0.2) is 48.5 Å². The number of hydrogen-bond acceptors (Lipinski definition) is 5. The number of rotatable bonds is 7. The fraction of sp³-hybridized carbons (Fsp3) is 0.346. The van der Waals surface area contributed by atoms with Crippen LogP contribution in [0.4, 0.5) is 4.39 Å². The van der Waals surface area contributed by atoms with E-state index in [0.717, 1.165) is 53.2 Å². The summed E-state index contributed by atoms with van der Waals surface area (Å²) in [5.41, 5.74) is 2.65. The molecule has 1 aliphatic carbocycles. The van der Waals surface area contributed by atoms with Crippen molar-refractivity contribution in [2.24, 2.45) is 0 Å². The molecule has 0 radical (unpaired) electrons. The van der Waals surface area contributed by atoms with Crippen LogP contribution in [0.2, 0.25) is 0 Å². The van der Waals surface area contributed by atoms with Gasteiger partial charge in [0.2, 0.25) is 5.78 Å². The Hall–Kier alpha value is -2.90. The molecular weight excluding hydrogens is 437 g/mol. The molecule has 2 N–H and O–H groups in total. The van der Waals surface area contributed by atoms with Crippen molar-refractivity contribution in [3.8, 4) is 10.4 Å². The van der Waals surface area contributed by atoms with E-state index in [1.54, 1.807) is 18.2 Å². The van der Waals surface area contributed by atoms with Gasteiger partial charge < -0.3 is 10.6 Å². The highest BCUT2D eigenvalue weighted by atomic mass is 32.1. The highest BCUT2D eigenvalue weighted by molar-refractivity contribution is 7.15. The molecule has 1 aromatic heterocycles. The quantitative estimate of drug-likeness (QED) is 0.491. The third kappa shape index (κ3) is 4.75. The first-order chi connectivity index (χ1) is 16.0. The lowest BCUT2D eigenvalue weighted by Crippen LogP contribution is -2.52. The van der Waals surface area contributed by atoms with E-state index in [2.05, 4.69) is 10.6 Å². The Kier molecular flexibility index (Phi) is 6.08. The van der Waals surface area contributed by atoms with E-state index in [-0.39, 0.29) is 23.5 Å². The van der Waals surface area contributed by atoms with Crippen molar-refractivity contribution in [2.45, 2.75) is 50.6 Å². The van der Waals surface area contributed by atoms with Crippen LogP contribution < -0.4 is 10.6 Å². The summed E-state index contributed by atoms with van der Waals surface area (Å²) >= 11 is 1.51. The van der Waals surface area contributed by atoms with Crippen LogP contribution in [0.5, 0.6) is 0 Å². The summed E-state index contributed by atoms with van der Waals surface area (Å²) in [5, 5.41) is 7.32. The maximum atomic E-state index is 13.9. The van der Waals surface area contributed by atoms with Crippen molar-refractivity contribution in [3.63, 3.8) is 0 Å². The van der Waals surface area contributed by atoms with Gasteiger partial charge in [0.05, 0.1) is 9.88 Å². The molecule has 2 fully saturated rings. The molecule has 0 spiro atoms. The Labute approximate surface area is 196 Å². The predicted octanol–water partition coefficient (Wildman–Crippen LogP) is 4.87. The predicted molar refractivity (Wildman–Crippen MR) is 127 cm³/mol. The van der Waals surface area contributed by atoms with E-state index < -0.39 is 6.04 Å². The third-order valence-corrected chi connectivity index (χ3v) is 7.53. The second-order valence-corrected chi connectivity index (χ2v) is 9.93. The summed E-state index contributed by atoms with van der Waals surface area (Å²) in [6.07, 6.45) is 3.89. The lowest BCUT2D eigenvalue weighted by molar-refractivity contribution is 0.0836. The molecule has 2 aromatic carbocycles. The average Bonchev–Trinajstić information content (AvgIpc) is 3.34. The number of benzene rings is 2. The van der Waals surface area contributed by atoms with Gasteiger partial charge in [-0.2, -0.15) is 0 Å². The number of nitrogens with one attached hydrogen (secondary N) is 2. The zero-order chi connectivity index (χ0) is 22.9. The number of Topliss-reactive ketones (excluding diaryl/α,β-unsaturated/α-hetero) is 1. The molecule has 7 heteroatoms. The van der Waals surface area contributed by atoms with Crippen LogP contribution >= 0.6 is 11.3 Å². The van der Waals surface area contributed by atoms with Gasteiger partial charge in [-0.1, -0.05) is 29.8 Å². The van der Waals surface area contributed by atoms with Gasteiger partial charge in [-0.25, -0.2) is 9.37 Å². The highest BCUT2D eigenvalue weighted by Gasteiger charge is 2.37. The van der Waals surface area contributed by atoms with Crippen LogP contribution in [0.25, 0.3) is 10.4 Å². The third-order valence-electron chi connectivity index (χ3n) is 6.26. The second kappa shape index (κ2) is 9.15. The van der Waals surface area contributed by atoms with Crippen molar-refractivity contribution in [1.29, 1.82) is 0 Å². The molecule has 1 unspecified atom stereocenters. The molecule has 33 heavy (non-hydrogen) atoms. The molecule has 1 amide bonds. The van der Waals surface area contributed by atoms with Crippen molar-refractivity contribution in [1.82, 2.24) is 15.6 Å². The first kappa shape index (κ1) is 21.9. The Bertz CT molecular complexity index is 1180. The lowest BCUT2D eigenvalue weighted by Gasteiger charge is -2.24. The molecule has 2 heterocycles. The van der Waals surface area contributed by atoms with E-state index in [0.29, 0.717) is 17.2 Å². The number of amides is 1. The van der Waals surface area contributed by atoms with Crippen LogP contribution in [-0.4, -0.2) is 35.3 Å². The van der Waals surface area contributed by atoms with Gasteiger partial charge in [-0.3, -0.25) is 9.59 Å². The van der Waals surface area contributed by atoms with Gasteiger partial charge in [-0.05, 0) is 69.0 Å². The molecular formula is C26H26FN3O2S. The molecule has 3 aromatic rings. The van der Waals surface area contributed by atoms with Crippen molar-refractivity contribution >= 4 is 23.0 Å². The van der Waals surface area contributed by atoms with E-state index in [4.69, 9.17) is 4.98 Å². The number of carbonyl (C=O) groups is 2. The molecule has 0 bridgehead atoms. The number of hydrogen-bond donors (Lipinski definition) is 2. The van der Waals surface area contributed by atoms with Gasteiger partial charge >= 0.3 is 0 Å². The molecule has 5 rings (SSSR count). The van der Waals surface area contributed by atoms with E-state index in [1.807, 2.05) is 25.1 Å². The van der Waals surface area contributed by atoms with Gasteiger partial charge in [0.25, 0.3) is 5.91 Å². The number of aromatic nitrogens is 1. The zero-order valence-corrected chi connectivity index (χ0v) is 19.3. The summed E-state index contributed by atoms with van der Waals surface area (Å²) in [4.78, 5) is 32.5. The Morgan fingerprint density at radius 2 is 1.94 bits per heavy atom. The SMILES string of the molecule is Cc1cccc(C(=O)N[C@H](C(=O)c2nc(C3CC3)sc2-c2ccc(F)cc2)C2CCCN2)c1. The maximum absolute atomic E-state index is 13.9. The number of aryl methyl sites for hydroxylation is 1. The summed E-state index contributed by atoms with van der Waals surface area (Å²) in [5.74, 6) is -0.401. The summed E-state index contributed by atoms with van der Waals surface area (Å²) in [7, 11) is 0. The number of carbonyl (C=O) groups excluding carboxylic acids is 2. The Balaban J connectivity index is 1.50. The van der Waals surface area contributed by atoms with Crippen molar-refractivity contribution < 1.29 is 14.0 Å². The molecule has 2 aliphatic rings. The van der Waals surface area contributed by atoms with Crippen LogP contribution in [-0.2, 0) is 0 Å². The maximum Gasteiger partial charge on any atom is 0.251 e. The first-order valence-electron chi connectivity index (χ1n) is 11.4. The lowest BCUT2D eigenvalue weighted by atomic mass is 9.97. The van der Waals surface area contributed by atoms with Gasteiger partial charge in [0, 0.05) is 17.5 Å². The topological polar surface area (TPSA) is 71.1 Å². The molecule has 1 saturated carbocycles. The highest BCUT2D eigenvalue weighted by Crippen LogP contribution is 2.45. The Morgan fingerprint density at radius 3 is 2.61 bits per heavy atom. The van der Waals surface area contributed by atoms with Gasteiger partial charge in [0.1, 0.15) is 17.6 Å². The normalized spacial score (nSPS) is 18.8. The second-order valence-electron chi connectivity index (χ2n) is 8.90. The van der Waals surface area contributed by atoms with E-state index in [9.17, 15) is 14.0 Å². The fourth-order valence-electron chi connectivity index (χ4n) is 4.31. The molecule has 1 saturated heterocycles. The van der Waals surface area contributed by atoms with Gasteiger partial charge in [0.15, 0.2) is 0 Å². The van der Waals surface area contributed by atoms with Crippen LogP contribution in [0.1, 0.15) is 63.0 Å². The minimum Gasteiger partial charge on any atom is -0.340 e. The van der Waals surface area contributed by atoms with Crippen LogP contribution in [0, 0.1) is 12.7 Å². The largest absolute Gasteiger partial charge is 0.340 e. The minimum atomic E-state index is -0.728. The van der Waals surface area contributed by atoms with Gasteiger partial charge in [-0.15, -0.1) is 11.3 Å². The standard InChI is InChI=1S/C26H26FN3O2S/c1-15-4-2-5-18(14-15)25(32)29-21(20-6-3-13-28-20)23(31)22-24(16-9-11-19(27)12-10-16)33-26(30-22)17-7-8-17/h2,4-5,9-12,14,17,20-21,28H,3,6-8,13H2,1H3,(H,29,32)/t20?,21-/m0/s1. The number of nitrogens with zero attached hydrogens (tertiary/aromatic N) is 1. The molecule has 170 valence electrons. The monoisotopic (exact) mass is 463 g/mol. The summed E-state index contributed by atoms with van der Waals surface area (Å²) < 4.78 is 13.5. The first-order valence-corrected chi connectivity index (χ1v) is 12.2. The van der Waals surface area contributed by atoms with E-state index in [1.165, 1.54) is 23.5 Å². The minimum absolute atomic E-state index is 0.154. The fourth-order valence-corrected chi connectivity index (χ4v) is 5.55. The van der Waals surface area contributed by atoms with E-state index >= 15 is 0 Å². The van der Waals surface area contributed by atoms with Crippen molar-refractivity contribution in [2.75, 3.05) is 6.54 Å². The summed E-state index contributed by atoms with van der Waals surface area (Å²) in [6.45, 7) is 2.74. The zero-order valence-electron chi connectivity index (χ0n) is 18.4. The molecule has 2 atom stereocenters. The molecule has 1 aliphatic heterocycles. The summed E-state index contributed by atoms with van der Waals surface area (Å²) in [6, 6.07) is 12.6. The smallest absolute Gasteiger partial charge is 0.251 e. The number of thiazole rings is 1. The Morgan fingerprint density at radius 1 is 1.15 bits per heavy atom.